The minimum Gasteiger partial charge on any atom is -0.461 e. The van der Waals surface area contributed by atoms with Crippen LogP contribution >= 0.6 is 0 Å². The van der Waals surface area contributed by atoms with Crippen molar-refractivity contribution in [1.29, 1.82) is 0 Å². The summed E-state index contributed by atoms with van der Waals surface area (Å²) in [6.07, 6.45) is 0.683. The van der Waals surface area contributed by atoms with Gasteiger partial charge in [0.1, 0.15) is 23.2 Å². The lowest BCUT2D eigenvalue weighted by molar-refractivity contribution is -0.116. The van der Waals surface area contributed by atoms with Crippen molar-refractivity contribution in [2.75, 3.05) is 5.32 Å². The van der Waals surface area contributed by atoms with Gasteiger partial charge in [0.05, 0.1) is 0 Å². The van der Waals surface area contributed by atoms with Crippen LogP contribution in [0.4, 0.5) is 14.5 Å². The molecule has 5 heteroatoms. The van der Waals surface area contributed by atoms with E-state index in [1.807, 2.05) is 0 Å². The zero-order valence-electron chi connectivity index (χ0n) is 12.8. The summed E-state index contributed by atoms with van der Waals surface area (Å²) in [6.45, 7) is 0. The molecule has 0 saturated carbocycles. The maximum absolute atomic E-state index is 12.9. The van der Waals surface area contributed by atoms with E-state index in [2.05, 4.69) is 5.32 Å². The molecule has 0 aliphatic heterocycles. The molecule has 0 spiro atoms. The number of amides is 1. The summed E-state index contributed by atoms with van der Waals surface area (Å²) in [4.78, 5) is 11.9. The number of halogens is 2. The molecule has 1 amide bonds. The minimum atomic E-state index is -0.350. The summed E-state index contributed by atoms with van der Waals surface area (Å²) in [5.41, 5.74) is 1.33. The summed E-state index contributed by atoms with van der Waals surface area (Å²) in [5.74, 6) is 0.466. The van der Waals surface area contributed by atoms with Gasteiger partial charge in [-0.15, -0.1) is 0 Å². The highest BCUT2D eigenvalue weighted by atomic mass is 19.1. The van der Waals surface area contributed by atoms with E-state index in [4.69, 9.17) is 4.42 Å². The number of aryl methyl sites for hydroxylation is 1. The average Bonchev–Trinajstić information content (AvgIpc) is 3.05. The second-order valence-corrected chi connectivity index (χ2v) is 5.33. The number of carbonyl (C=O) groups is 1. The van der Waals surface area contributed by atoms with Gasteiger partial charge in [-0.1, -0.05) is 0 Å². The first kappa shape index (κ1) is 15.9. The Hall–Kier alpha value is -2.95. The summed E-state index contributed by atoms with van der Waals surface area (Å²) < 4.78 is 31.4. The van der Waals surface area contributed by atoms with E-state index < -0.39 is 0 Å². The molecule has 0 aliphatic carbocycles. The second kappa shape index (κ2) is 7.08. The number of benzene rings is 2. The van der Waals surface area contributed by atoms with Gasteiger partial charge in [0.15, 0.2) is 0 Å². The van der Waals surface area contributed by atoms with Gasteiger partial charge in [-0.3, -0.25) is 4.79 Å². The molecule has 122 valence electrons. The van der Waals surface area contributed by atoms with Gasteiger partial charge >= 0.3 is 0 Å². The molecule has 0 bridgehead atoms. The number of hydrogen-bond donors (Lipinski definition) is 1. The van der Waals surface area contributed by atoms with E-state index in [0.717, 1.165) is 5.56 Å². The Morgan fingerprint density at radius 3 is 2.17 bits per heavy atom. The smallest absolute Gasteiger partial charge is 0.224 e. The normalized spacial score (nSPS) is 10.6. The van der Waals surface area contributed by atoms with Crippen molar-refractivity contribution in [2.24, 2.45) is 0 Å². The molecule has 1 heterocycles. The molecule has 0 radical (unpaired) electrons. The van der Waals surface area contributed by atoms with Crippen molar-refractivity contribution in [1.82, 2.24) is 0 Å². The van der Waals surface area contributed by atoms with Crippen molar-refractivity contribution >= 4 is 11.6 Å². The van der Waals surface area contributed by atoms with Gasteiger partial charge < -0.3 is 9.73 Å². The molecule has 1 N–H and O–H groups in total. The maximum Gasteiger partial charge on any atom is 0.224 e. The number of anilines is 1. The van der Waals surface area contributed by atoms with E-state index in [-0.39, 0.29) is 24.0 Å². The number of furan rings is 1. The van der Waals surface area contributed by atoms with Gasteiger partial charge in [-0.05, 0) is 60.7 Å². The number of hydrogen-bond acceptors (Lipinski definition) is 2. The Kier molecular flexibility index (Phi) is 4.70. The van der Waals surface area contributed by atoms with Crippen LogP contribution in [-0.2, 0) is 11.2 Å². The van der Waals surface area contributed by atoms with Gasteiger partial charge in [0.25, 0.3) is 0 Å². The van der Waals surface area contributed by atoms with Crippen molar-refractivity contribution in [3.63, 3.8) is 0 Å². The molecule has 0 atom stereocenters. The minimum absolute atomic E-state index is 0.179. The average molecular weight is 327 g/mol. The Morgan fingerprint density at radius 2 is 1.50 bits per heavy atom. The third-order valence-corrected chi connectivity index (χ3v) is 3.52. The second-order valence-electron chi connectivity index (χ2n) is 5.33. The summed E-state index contributed by atoms with van der Waals surface area (Å²) in [5, 5.41) is 2.70. The molecule has 2 aromatic carbocycles. The SMILES string of the molecule is O=C(CCc1ccc(-c2ccc(F)cc2)o1)Nc1ccc(F)cc1. The summed E-state index contributed by atoms with van der Waals surface area (Å²) in [6, 6.07) is 15.2. The molecule has 3 nitrogen and oxygen atoms in total. The lowest BCUT2D eigenvalue weighted by atomic mass is 10.2. The lowest BCUT2D eigenvalue weighted by Gasteiger charge is -2.04. The van der Waals surface area contributed by atoms with Crippen LogP contribution in [0, 0.1) is 11.6 Å². The molecule has 24 heavy (non-hydrogen) atoms. The van der Waals surface area contributed by atoms with E-state index >= 15 is 0 Å². The van der Waals surface area contributed by atoms with Crippen molar-refractivity contribution in [3.05, 3.63) is 78.1 Å². The quantitative estimate of drug-likeness (QED) is 0.731. The molecule has 0 aliphatic rings. The Balaban J connectivity index is 1.56. The topological polar surface area (TPSA) is 42.2 Å². The molecule has 0 unspecified atom stereocenters. The lowest BCUT2D eigenvalue weighted by Crippen LogP contribution is -2.12. The van der Waals surface area contributed by atoms with Crippen LogP contribution in [0.3, 0.4) is 0 Å². The van der Waals surface area contributed by atoms with Crippen LogP contribution < -0.4 is 5.32 Å². The fourth-order valence-electron chi connectivity index (χ4n) is 2.28. The van der Waals surface area contributed by atoms with Crippen molar-refractivity contribution in [3.8, 4) is 11.3 Å². The Morgan fingerprint density at radius 1 is 0.875 bits per heavy atom. The van der Waals surface area contributed by atoms with E-state index in [1.165, 1.54) is 36.4 Å². The van der Waals surface area contributed by atoms with Gasteiger partial charge in [-0.25, -0.2) is 8.78 Å². The highest BCUT2D eigenvalue weighted by molar-refractivity contribution is 5.90. The molecule has 1 aromatic heterocycles. The predicted molar refractivity (Wildman–Crippen MR) is 87.5 cm³/mol. The van der Waals surface area contributed by atoms with Crippen molar-refractivity contribution in [2.45, 2.75) is 12.8 Å². The fourth-order valence-corrected chi connectivity index (χ4v) is 2.28. The predicted octanol–water partition coefficient (Wildman–Crippen LogP) is 4.80. The first-order chi connectivity index (χ1) is 11.6. The van der Waals surface area contributed by atoms with Gasteiger partial charge in [-0.2, -0.15) is 0 Å². The molecule has 0 fully saturated rings. The number of carbonyl (C=O) groups excluding carboxylic acids is 1. The standard InChI is InChI=1S/C19H15F2NO2/c20-14-3-1-13(2-4-14)18-11-9-17(24-18)10-12-19(23)22-16-7-5-15(21)6-8-16/h1-9,11H,10,12H2,(H,22,23). The monoisotopic (exact) mass is 327 g/mol. The van der Waals surface area contributed by atoms with Crippen LogP contribution in [0.5, 0.6) is 0 Å². The Bertz CT molecular complexity index is 823. The number of rotatable bonds is 5. The van der Waals surface area contributed by atoms with Crippen LogP contribution in [0.15, 0.2) is 65.1 Å². The van der Waals surface area contributed by atoms with Gasteiger partial charge in [0.2, 0.25) is 5.91 Å². The largest absolute Gasteiger partial charge is 0.461 e. The highest BCUT2D eigenvalue weighted by Crippen LogP contribution is 2.23. The zero-order valence-corrected chi connectivity index (χ0v) is 12.8. The van der Waals surface area contributed by atoms with Gasteiger partial charge in [0, 0.05) is 24.1 Å². The fraction of sp³-hybridized carbons (Fsp3) is 0.105. The Labute approximate surface area is 137 Å². The maximum atomic E-state index is 12.9. The van der Waals surface area contributed by atoms with E-state index in [0.29, 0.717) is 23.6 Å². The molecular weight excluding hydrogens is 312 g/mol. The molecule has 3 rings (SSSR count). The molecular formula is C19H15F2NO2. The first-order valence-corrected chi connectivity index (χ1v) is 7.50. The zero-order chi connectivity index (χ0) is 16.9. The first-order valence-electron chi connectivity index (χ1n) is 7.50. The van der Waals surface area contributed by atoms with E-state index in [9.17, 15) is 13.6 Å². The molecule has 0 saturated heterocycles. The van der Waals surface area contributed by atoms with Crippen molar-refractivity contribution < 1.29 is 18.0 Å². The molecule has 3 aromatic rings. The number of nitrogens with one attached hydrogen (secondary N) is 1. The summed E-state index contributed by atoms with van der Waals surface area (Å²) >= 11 is 0. The third-order valence-electron chi connectivity index (χ3n) is 3.52. The highest BCUT2D eigenvalue weighted by Gasteiger charge is 2.08. The van der Waals surface area contributed by atoms with E-state index in [1.54, 1.807) is 24.3 Å². The van der Waals surface area contributed by atoms with Crippen LogP contribution in [-0.4, -0.2) is 5.91 Å². The van der Waals surface area contributed by atoms with Crippen LogP contribution in [0.1, 0.15) is 12.2 Å². The third kappa shape index (κ3) is 4.07. The summed E-state index contributed by atoms with van der Waals surface area (Å²) in [7, 11) is 0. The van der Waals surface area contributed by atoms with Crippen LogP contribution in [0.2, 0.25) is 0 Å². The van der Waals surface area contributed by atoms with Crippen LogP contribution in [0.25, 0.3) is 11.3 Å².